The molecular weight excluding hydrogens is 561 g/mol. The summed E-state index contributed by atoms with van der Waals surface area (Å²) in [5.41, 5.74) is 3.35. The standard InChI is InChI=1S/C32H31ClFN3O5/c33-24-5-1-4-23(30(24)34)28-18-41-27-6-2-3-22(31(27)42-28)19-9-12-36(13-10-19)17-29-35-25-8-7-20(32(38)39)15-26(25)37(29)16-21-11-14-40-21/h1-8,15,19,21,28H,9-14,16-18H2,(H,38,39)/t21-,28?/m0/s1. The molecule has 4 heterocycles. The molecule has 0 bridgehead atoms. The first kappa shape index (κ1) is 27.2. The molecule has 3 aliphatic heterocycles. The van der Waals surface area contributed by atoms with Gasteiger partial charge < -0.3 is 23.9 Å². The van der Waals surface area contributed by atoms with Crippen molar-refractivity contribution in [1.82, 2.24) is 14.5 Å². The smallest absolute Gasteiger partial charge is 0.335 e. The van der Waals surface area contributed by atoms with Crippen LogP contribution < -0.4 is 9.47 Å². The zero-order valence-corrected chi connectivity index (χ0v) is 23.7. The fraction of sp³-hybridized carbons (Fsp3) is 0.375. The minimum Gasteiger partial charge on any atom is -0.485 e. The Kier molecular flexibility index (Phi) is 7.25. The summed E-state index contributed by atoms with van der Waals surface area (Å²) in [7, 11) is 0. The van der Waals surface area contributed by atoms with E-state index >= 15 is 0 Å². The molecule has 218 valence electrons. The van der Waals surface area contributed by atoms with Crippen molar-refractivity contribution in [2.45, 2.75) is 50.5 Å². The molecule has 0 saturated carbocycles. The van der Waals surface area contributed by atoms with Gasteiger partial charge in [-0.2, -0.15) is 0 Å². The van der Waals surface area contributed by atoms with E-state index in [0.717, 1.165) is 61.4 Å². The van der Waals surface area contributed by atoms with Crippen molar-refractivity contribution in [1.29, 1.82) is 0 Å². The van der Waals surface area contributed by atoms with Crippen LogP contribution in [0.5, 0.6) is 11.5 Å². The fourth-order valence-corrected chi connectivity index (χ4v) is 6.40. The van der Waals surface area contributed by atoms with Gasteiger partial charge in [-0.25, -0.2) is 14.2 Å². The van der Waals surface area contributed by atoms with E-state index in [0.29, 0.717) is 30.2 Å². The van der Waals surface area contributed by atoms with Gasteiger partial charge in [0, 0.05) is 17.7 Å². The Balaban J connectivity index is 1.08. The predicted molar refractivity (Wildman–Crippen MR) is 155 cm³/mol. The predicted octanol–water partition coefficient (Wildman–Crippen LogP) is 6.21. The highest BCUT2D eigenvalue weighted by Crippen LogP contribution is 2.45. The number of aromatic carboxylic acids is 1. The lowest BCUT2D eigenvalue weighted by Crippen LogP contribution is -2.35. The maximum absolute atomic E-state index is 14.8. The Morgan fingerprint density at radius 2 is 1.86 bits per heavy atom. The summed E-state index contributed by atoms with van der Waals surface area (Å²) in [5, 5.41) is 9.60. The molecule has 7 rings (SSSR count). The molecular formula is C32H31ClFN3O5. The average Bonchev–Trinajstić information content (AvgIpc) is 3.32. The second-order valence-corrected chi connectivity index (χ2v) is 11.6. The van der Waals surface area contributed by atoms with Crippen LogP contribution in [0.15, 0.2) is 54.6 Å². The summed E-state index contributed by atoms with van der Waals surface area (Å²) >= 11 is 6.03. The number of carboxylic acid groups (broad SMARTS) is 1. The monoisotopic (exact) mass is 591 g/mol. The summed E-state index contributed by atoms with van der Waals surface area (Å²) in [6.07, 6.45) is 2.37. The van der Waals surface area contributed by atoms with Gasteiger partial charge in [0.1, 0.15) is 18.2 Å². The van der Waals surface area contributed by atoms with E-state index in [2.05, 4.69) is 15.5 Å². The molecule has 0 spiro atoms. The number of hydrogen-bond acceptors (Lipinski definition) is 6. The molecule has 0 aliphatic carbocycles. The van der Waals surface area contributed by atoms with Crippen LogP contribution in [-0.4, -0.2) is 57.9 Å². The number of para-hydroxylation sites is 1. The van der Waals surface area contributed by atoms with Crippen molar-refractivity contribution in [2.75, 3.05) is 26.3 Å². The number of fused-ring (bicyclic) bond motifs is 2. The molecule has 3 aromatic carbocycles. The zero-order valence-electron chi connectivity index (χ0n) is 23.0. The van der Waals surface area contributed by atoms with Crippen molar-refractivity contribution in [2.24, 2.45) is 0 Å². The topological polar surface area (TPSA) is 86.0 Å². The third kappa shape index (κ3) is 5.10. The molecule has 3 aliphatic rings. The number of halogens is 2. The van der Waals surface area contributed by atoms with E-state index in [-0.39, 0.29) is 29.2 Å². The van der Waals surface area contributed by atoms with Gasteiger partial charge in [0.15, 0.2) is 17.6 Å². The Morgan fingerprint density at radius 1 is 1.07 bits per heavy atom. The van der Waals surface area contributed by atoms with Crippen LogP contribution >= 0.6 is 11.6 Å². The summed E-state index contributed by atoms with van der Waals surface area (Å²) in [5.74, 6) is 1.12. The van der Waals surface area contributed by atoms with E-state index in [4.69, 9.17) is 30.8 Å². The van der Waals surface area contributed by atoms with E-state index < -0.39 is 17.9 Å². The molecule has 1 aromatic heterocycles. The molecule has 2 fully saturated rings. The van der Waals surface area contributed by atoms with Crippen LogP contribution in [0.2, 0.25) is 5.02 Å². The van der Waals surface area contributed by atoms with Gasteiger partial charge in [0.05, 0.1) is 40.8 Å². The van der Waals surface area contributed by atoms with Gasteiger partial charge in [-0.05, 0) is 68.6 Å². The highest BCUT2D eigenvalue weighted by atomic mass is 35.5. The number of hydrogen-bond donors (Lipinski definition) is 1. The first-order valence-electron chi connectivity index (χ1n) is 14.4. The molecule has 2 saturated heterocycles. The van der Waals surface area contributed by atoms with Crippen LogP contribution in [-0.2, 0) is 17.8 Å². The molecule has 4 aromatic rings. The molecule has 0 radical (unpaired) electrons. The van der Waals surface area contributed by atoms with Crippen molar-refractivity contribution < 1.29 is 28.5 Å². The van der Waals surface area contributed by atoms with Gasteiger partial charge in [-0.3, -0.25) is 4.90 Å². The molecule has 1 N–H and O–H groups in total. The lowest BCUT2D eigenvalue weighted by atomic mass is 9.88. The summed E-state index contributed by atoms with van der Waals surface area (Å²) in [4.78, 5) is 18.9. The number of piperidine rings is 1. The summed E-state index contributed by atoms with van der Waals surface area (Å²) in [6, 6.07) is 16.0. The Hall–Kier alpha value is -3.66. The quantitative estimate of drug-likeness (QED) is 0.273. The Morgan fingerprint density at radius 3 is 2.62 bits per heavy atom. The lowest BCUT2D eigenvalue weighted by Gasteiger charge is -2.35. The number of ether oxygens (including phenoxy) is 3. The van der Waals surface area contributed by atoms with Crippen molar-refractivity contribution in [3.8, 4) is 11.5 Å². The number of carbonyl (C=O) groups is 1. The number of rotatable bonds is 7. The van der Waals surface area contributed by atoms with Crippen LogP contribution in [0.25, 0.3) is 11.0 Å². The number of likely N-dealkylation sites (tertiary alicyclic amines) is 1. The normalized spacial score (nSPS) is 20.9. The molecule has 8 nitrogen and oxygen atoms in total. The molecule has 42 heavy (non-hydrogen) atoms. The highest BCUT2D eigenvalue weighted by molar-refractivity contribution is 6.30. The van der Waals surface area contributed by atoms with E-state index in [1.165, 1.54) is 6.07 Å². The largest absolute Gasteiger partial charge is 0.485 e. The summed E-state index contributed by atoms with van der Waals surface area (Å²) < 4.78 is 35.0. The minimum absolute atomic E-state index is 0.0682. The fourth-order valence-electron chi connectivity index (χ4n) is 6.22. The lowest BCUT2D eigenvalue weighted by molar-refractivity contribution is -0.0592. The van der Waals surface area contributed by atoms with Crippen molar-refractivity contribution in [3.05, 3.63) is 88.0 Å². The van der Waals surface area contributed by atoms with Gasteiger partial charge in [-0.1, -0.05) is 35.9 Å². The minimum atomic E-state index is -0.949. The molecule has 0 amide bonds. The number of aromatic nitrogens is 2. The first-order valence-corrected chi connectivity index (χ1v) is 14.7. The highest BCUT2D eigenvalue weighted by Gasteiger charge is 2.32. The number of nitrogens with zero attached hydrogens (tertiary/aromatic N) is 3. The van der Waals surface area contributed by atoms with Gasteiger partial charge >= 0.3 is 5.97 Å². The maximum atomic E-state index is 14.8. The van der Waals surface area contributed by atoms with Gasteiger partial charge in [-0.15, -0.1) is 0 Å². The van der Waals surface area contributed by atoms with E-state index in [1.807, 2.05) is 12.1 Å². The zero-order chi connectivity index (χ0) is 28.8. The van der Waals surface area contributed by atoms with Crippen LogP contribution in [0, 0.1) is 5.82 Å². The Bertz CT molecular complexity index is 1650. The third-order valence-electron chi connectivity index (χ3n) is 8.63. The van der Waals surface area contributed by atoms with Gasteiger partial charge in [0.25, 0.3) is 0 Å². The molecule has 2 atom stereocenters. The van der Waals surface area contributed by atoms with Crippen LogP contribution in [0.1, 0.15) is 58.6 Å². The SMILES string of the molecule is O=C(O)c1ccc2nc(CN3CCC(c4cccc5c4OC(c4cccc(Cl)c4F)CO5)CC3)n(C[C@@H]3CCO3)c2c1. The van der Waals surface area contributed by atoms with Crippen molar-refractivity contribution >= 4 is 28.6 Å². The third-order valence-corrected chi connectivity index (χ3v) is 8.93. The van der Waals surface area contributed by atoms with Gasteiger partial charge in [0.2, 0.25) is 0 Å². The Labute approximate surface area is 247 Å². The van der Waals surface area contributed by atoms with Crippen molar-refractivity contribution in [3.63, 3.8) is 0 Å². The van der Waals surface area contributed by atoms with E-state index in [9.17, 15) is 14.3 Å². The maximum Gasteiger partial charge on any atom is 0.335 e. The number of imidazole rings is 1. The molecule has 1 unspecified atom stereocenters. The summed E-state index contributed by atoms with van der Waals surface area (Å²) in [6.45, 7) is 4.03. The van der Waals surface area contributed by atoms with Crippen LogP contribution in [0.3, 0.4) is 0 Å². The molecule has 10 heteroatoms. The second-order valence-electron chi connectivity index (χ2n) is 11.2. The van der Waals surface area contributed by atoms with Crippen LogP contribution in [0.4, 0.5) is 4.39 Å². The number of benzene rings is 3. The second kappa shape index (κ2) is 11.2. The number of carboxylic acids is 1. The van der Waals surface area contributed by atoms with E-state index in [1.54, 1.807) is 30.3 Å². The average molecular weight is 592 g/mol. The first-order chi connectivity index (χ1) is 20.4.